The van der Waals surface area contributed by atoms with Gasteiger partial charge in [-0.15, -0.1) is 23.1 Å². The molecule has 11 heteroatoms. The van der Waals surface area contributed by atoms with Gasteiger partial charge in [-0.1, -0.05) is 73.3 Å². The predicted octanol–water partition coefficient (Wildman–Crippen LogP) is 3.43. The normalized spacial score (nSPS) is 18.2. The van der Waals surface area contributed by atoms with Gasteiger partial charge in [-0.05, 0) is 16.7 Å². The Morgan fingerprint density at radius 3 is 2.41 bits per heavy atom. The van der Waals surface area contributed by atoms with E-state index in [1.807, 2.05) is 60.7 Å². The maximum atomic E-state index is 13.6. The molecule has 2 N–H and O–H groups in total. The molecule has 198 valence electrons. The van der Waals surface area contributed by atoms with Crippen LogP contribution in [0.1, 0.15) is 22.1 Å². The molecule has 0 radical (unpaired) electrons. The highest BCUT2D eigenvalue weighted by Gasteiger charge is 2.54. The van der Waals surface area contributed by atoms with E-state index in [9.17, 15) is 19.2 Å². The van der Waals surface area contributed by atoms with Crippen LogP contribution >= 0.6 is 23.1 Å². The SMILES string of the molecule is C=CC1=C(C(=O)OC(c2ccccc2)c2ccccc2)N2C(=O)C(NC(=O)Cc3cnc(NC=O)s3)[C@H]2SC1. The van der Waals surface area contributed by atoms with E-state index in [1.165, 1.54) is 34.2 Å². The zero-order valence-corrected chi connectivity index (χ0v) is 22.2. The van der Waals surface area contributed by atoms with Crippen molar-refractivity contribution in [3.05, 3.63) is 107 Å². The average molecular weight is 561 g/mol. The molecule has 3 aromatic rings. The van der Waals surface area contributed by atoms with Gasteiger partial charge >= 0.3 is 5.97 Å². The van der Waals surface area contributed by atoms with Crippen LogP contribution in [0.15, 0.2) is 90.8 Å². The molecule has 1 saturated heterocycles. The molecule has 0 bridgehead atoms. The van der Waals surface area contributed by atoms with E-state index < -0.39 is 29.4 Å². The fraction of sp³-hybridized carbons (Fsp3) is 0.179. The van der Waals surface area contributed by atoms with Crippen molar-refractivity contribution in [1.29, 1.82) is 0 Å². The summed E-state index contributed by atoms with van der Waals surface area (Å²) in [6, 6.07) is 18.0. The van der Waals surface area contributed by atoms with Crippen LogP contribution in [0.2, 0.25) is 0 Å². The van der Waals surface area contributed by atoms with Crippen LogP contribution in [0.3, 0.4) is 0 Å². The summed E-state index contributed by atoms with van der Waals surface area (Å²) < 4.78 is 6.04. The molecule has 2 atom stereocenters. The summed E-state index contributed by atoms with van der Waals surface area (Å²) in [5.41, 5.74) is 2.34. The Hall–Kier alpha value is -4.22. The lowest BCUT2D eigenvalue weighted by Gasteiger charge is -2.49. The molecule has 2 aliphatic heterocycles. The van der Waals surface area contributed by atoms with E-state index in [0.717, 1.165) is 11.1 Å². The second kappa shape index (κ2) is 11.7. The molecular formula is C28H24N4O5S2. The number of ether oxygens (including phenoxy) is 1. The van der Waals surface area contributed by atoms with Gasteiger partial charge in [0.1, 0.15) is 17.1 Å². The zero-order chi connectivity index (χ0) is 27.4. The van der Waals surface area contributed by atoms with E-state index in [4.69, 9.17) is 4.74 Å². The van der Waals surface area contributed by atoms with Crippen LogP contribution in [0.5, 0.6) is 0 Å². The Labute approximate surface area is 233 Å². The smallest absolute Gasteiger partial charge is 0.356 e. The molecule has 0 saturated carbocycles. The minimum atomic E-state index is -0.781. The summed E-state index contributed by atoms with van der Waals surface area (Å²) in [4.78, 5) is 56.2. The summed E-state index contributed by atoms with van der Waals surface area (Å²) in [6.45, 7) is 3.83. The number of rotatable bonds is 10. The molecule has 5 rings (SSSR count). The Balaban J connectivity index is 1.32. The molecule has 0 spiro atoms. The number of nitrogens with zero attached hydrogens (tertiary/aromatic N) is 2. The second-order valence-corrected chi connectivity index (χ2v) is 10.9. The topological polar surface area (TPSA) is 118 Å². The lowest BCUT2D eigenvalue weighted by atomic mass is 10.0. The lowest BCUT2D eigenvalue weighted by molar-refractivity contribution is -0.154. The quantitative estimate of drug-likeness (QED) is 0.222. The maximum Gasteiger partial charge on any atom is 0.356 e. The third kappa shape index (κ3) is 5.50. The number of benzene rings is 2. The van der Waals surface area contributed by atoms with Crippen molar-refractivity contribution in [1.82, 2.24) is 15.2 Å². The number of anilines is 1. The van der Waals surface area contributed by atoms with Crippen LogP contribution in [-0.2, 0) is 30.3 Å². The summed E-state index contributed by atoms with van der Waals surface area (Å²) in [7, 11) is 0. The van der Waals surface area contributed by atoms with Gasteiger partial charge < -0.3 is 15.4 Å². The van der Waals surface area contributed by atoms with Crippen LogP contribution in [0.4, 0.5) is 5.13 Å². The average Bonchev–Trinajstić information content (AvgIpc) is 3.41. The molecule has 0 aliphatic carbocycles. The van der Waals surface area contributed by atoms with Crippen LogP contribution < -0.4 is 10.6 Å². The minimum absolute atomic E-state index is 0.0118. The lowest BCUT2D eigenvalue weighted by Crippen LogP contribution is -2.70. The van der Waals surface area contributed by atoms with Crippen molar-refractivity contribution >= 4 is 52.4 Å². The van der Waals surface area contributed by atoms with E-state index in [-0.39, 0.29) is 18.0 Å². The number of carbonyl (C=O) groups excluding carboxylic acids is 4. The van der Waals surface area contributed by atoms with Gasteiger partial charge in [-0.2, -0.15) is 0 Å². The monoisotopic (exact) mass is 560 g/mol. The van der Waals surface area contributed by atoms with Crippen molar-refractivity contribution in [2.45, 2.75) is 23.9 Å². The summed E-state index contributed by atoms with van der Waals surface area (Å²) in [5.74, 6) is -0.946. The molecule has 39 heavy (non-hydrogen) atoms. The number of aromatic nitrogens is 1. The van der Waals surface area contributed by atoms with E-state index >= 15 is 0 Å². The van der Waals surface area contributed by atoms with E-state index in [1.54, 1.807) is 6.08 Å². The highest BCUT2D eigenvalue weighted by molar-refractivity contribution is 8.00. The number of fused-ring (bicyclic) bond motifs is 1. The molecule has 2 aliphatic rings. The number of amides is 3. The molecule has 2 aromatic carbocycles. The molecule has 3 amide bonds. The molecule has 1 unspecified atom stereocenters. The minimum Gasteiger partial charge on any atom is -0.448 e. The predicted molar refractivity (Wildman–Crippen MR) is 149 cm³/mol. The first-order valence-corrected chi connectivity index (χ1v) is 13.9. The van der Waals surface area contributed by atoms with Crippen molar-refractivity contribution in [3.8, 4) is 0 Å². The molecule has 9 nitrogen and oxygen atoms in total. The Kier molecular flexibility index (Phi) is 7.89. The Morgan fingerprint density at radius 2 is 1.79 bits per heavy atom. The summed E-state index contributed by atoms with van der Waals surface area (Å²) in [5, 5.41) is 5.15. The van der Waals surface area contributed by atoms with Crippen LogP contribution in [0.25, 0.3) is 0 Å². The third-order valence-corrected chi connectivity index (χ3v) is 8.49. The number of thiazole rings is 1. The number of carbonyl (C=O) groups is 4. The van der Waals surface area contributed by atoms with Gasteiger partial charge in [0.05, 0.1) is 6.42 Å². The van der Waals surface area contributed by atoms with Gasteiger partial charge in [0.25, 0.3) is 5.91 Å². The number of thioether (sulfide) groups is 1. The van der Waals surface area contributed by atoms with Crippen LogP contribution in [0, 0.1) is 0 Å². The van der Waals surface area contributed by atoms with Gasteiger partial charge in [0, 0.05) is 16.8 Å². The van der Waals surface area contributed by atoms with Crippen molar-refractivity contribution in [3.63, 3.8) is 0 Å². The number of nitrogens with one attached hydrogen (secondary N) is 2. The highest BCUT2D eigenvalue weighted by atomic mass is 32.2. The van der Waals surface area contributed by atoms with E-state index in [0.29, 0.717) is 27.7 Å². The fourth-order valence-corrected chi connectivity index (χ4v) is 6.53. The Bertz CT molecular complexity index is 1400. The number of esters is 1. The van der Waals surface area contributed by atoms with E-state index in [2.05, 4.69) is 22.2 Å². The largest absolute Gasteiger partial charge is 0.448 e. The van der Waals surface area contributed by atoms with Gasteiger partial charge in [-0.25, -0.2) is 9.78 Å². The number of hydrogen-bond acceptors (Lipinski definition) is 8. The Morgan fingerprint density at radius 1 is 1.13 bits per heavy atom. The van der Waals surface area contributed by atoms with Gasteiger partial charge in [0.2, 0.25) is 12.3 Å². The summed E-state index contributed by atoms with van der Waals surface area (Å²) >= 11 is 2.62. The fourth-order valence-electron chi connectivity index (χ4n) is 4.42. The first-order valence-electron chi connectivity index (χ1n) is 12.1. The molecular weight excluding hydrogens is 536 g/mol. The first kappa shape index (κ1) is 26.4. The number of hydrogen-bond donors (Lipinski definition) is 2. The standard InChI is InChI=1S/C28H24N4O5S2/c1-2-17-15-38-26-22(31-21(34)13-20-14-29-28(39-20)30-16-33)25(35)32(26)23(17)27(36)37-24(18-9-5-3-6-10-18)19-11-7-4-8-12-19/h2-12,14,16,22,24,26H,1,13,15H2,(H,31,34)(H,29,30,33)/t22?,26-/m1/s1. The van der Waals surface area contributed by atoms with Gasteiger partial charge in [-0.3, -0.25) is 19.3 Å². The zero-order valence-electron chi connectivity index (χ0n) is 20.6. The number of allylic oxidation sites excluding steroid dienone is 1. The second-order valence-electron chi connectivity index (χ2n) is 8.71. The molecule has 1 aromatic heterocycles. The highest BCUT2D eigenvalue weighted by Crippen LogP contribution is 2.42. The van der Waals surface area contributed by atoms with Crippen molar-refractivity contribution in [2.75, 3.05) is 11.1 Å². The molecule has 1 fully saturated rings. The van der Waals surface area contributed by atoms with Crippen molar-refractivity contribution < 1.29 is 23.9 Å². The van der Waals surface area contributed by atoms with Crippen LogP contribution in [-0.4, -0.2) is 51.2 Å². The summed E-state index contributed by atoms with van der Waals surface area (Å²) in [6.07, 6.45) is 2.92. The first-order chi connectivity index (χ1) is 19.0. The molecule has 3 heterocycles. The van der Waals surface area contributed by atoms with Crippen molar-refractivity contribution in [2.24, 2.45) is 0 Å². The number of β-lactam (4-membered cyclic amide) rings is 1. The van der Waals surface area contributed by atoms with Gasteiger partial charge in [0.15, 0.2) is 11.2 Å². The third-order valence-electron chi connectivity index (χ3n) is 6.25. The maximum absolute atomic E-state index is 13.6.